The quantitative estimate of drug-likeness (QED) is 0.803. The number of carbonyl (C=O) groups is 1. The van der Waals surface area contributed by atoms with Crippen LogP contribution in [0.5, 0.6) is 0 Å². The maximum Gasteiger partial charge on any atom is 0.261 e. The van der Waals surface area contributed by atoms with E-state index in [1.54, 1.807) is 6.20 Å². The van der Waals surface area contributed by atoms with Crippen LogP contribution in [0.3, 0.4) is 0 Å². The van der Waals surface area contributed by atoms with Crippen LogP contribution in [0, 0.1) is 17.5 Å². The van der Waals surface area contributed by atoms with Gasteiger partial charge in [0.25, 0.3) is 5.91 Å². The van der Waals surface area contributed by atoms with Crippen molar-refractivity contribution in [1.82, 2.24) is 9.55 Å². The second-order valence-corrected chi connectivity index (χ2v) is 4.69. The summed E-state index contributed by atoms with van der Waals surface area (Å²) in [5.41, 5.74) is -0.400. The Bertz CT molecular complexity index is 843. The molecule has 3 rings (SSSR count). The Morgan fingerprint density at radius 3 is 2.39 bits per heavy atom. The van der Waals surface area contributed by atoms with Crippen LogP contribution in [-0.2, 0) is 0 Å². The zero-order valence-corrected chi connectivity index (χ0v) is 11.6. The molecule has 0 radical (unpaired) electrons. The predicted molar refractivity (Wildman–Crippen MR) is 77.8 cm³/mol. The lowest BCUT2D eigenvalue weighted by atomic mass is 10.1. The second-order valence-electron chi connectivity index (χ2n) is 4.69. The van der Waals surface area contributed by atoms with Crippen molar-refractivity contribution >= 4 is 11.6 Å². The van der Waals surface area contributed by atoms with E-state index in [2.05, 4.69) is 10.3 Å². The van der Waals surface area contributed by atoms with E-state index < -0.39 is 28.9 Å². The highest BCUT2D eigenvalue weighted by Gasteiger charge is 2.17. The fourth-order valence-corrected chi connectivity index (χ4v) is 2.10. The van der Waals surface area contributed by atoms with Gasteiger partial charge in [0.15, 0.2) is 0 Å². The van der Waals surface area contributed by atoms with Crippen molar-refractivity contribution in [2.75, 3.05) is 5.32 Å². The first-order chi connectivity index (χ1) is 11.1. The van der Waals surface area contributed by atoms with Gasteiger partial charge >= 0.3 is 0 Å². The molecule has 2 aromatic carbocycles. The number of benzene rings is 2. The average molecular weight is 317 g/mol. The van der Waals surface area contributed by atoms with E-state index in [0.717, 1.165) is 24.3 Å². The SMILES string of the molecule is O=C(Nc1ccc(-n2ccnc2)c(F)c1)c1c(F)cccc1F. The third kappa shape index (κ3) is 2.94. The summed E-state index contributed by atoms with van der Waals surface area (Å²) in [6, 6.07) is 7.01. The van der Waals surface area contributed by atoms with Gasteiger partial charge in [-0.3, -0.25) is 4.79 Å². The van der Waals surface area contributed by atoms with Gasteiger partial charge in [-0.05, 0) is 30.3 Å². The predicted octanol–water partition coefficient (Wildman–Crippen LogP) is 3.54. The van der Waals surface area contributed by atoms with Crippen LogP contribution in [0.2, 0.25) is 0 Å². The van der Waals surface area contributed by atoms with Crippen molar-refractivity contribution in [3.05, 3.63) is 78.1 Å². The molecule has 3 aromatic rings. The molecule has 0 aliphatic carbocycles. The van der Waals surface area contributed by atoms with Gasteiger partial charge in [-0.15, -0.1) is 0 Å². The van der Waals surface area contributed by atoms with E-state index in [-0.39, 0.29) is 11.4 Å². The summed E-state index contributed by atoms with van der Waals surface area (Å²) in [7, 11) is 0. The Labute approximate surface area is 129 Å². The molecular formula is C16H10F3N3O. The molecule has 116 valence electrons. The largest absolute Gasteiger partial charge is 0.322 e. The Kier molecular flexibility index (Phi) is 3.84. The highest BCUT2D eigenvalue weighted by Crippen LogP contribution is 2.20. The first kappa shape index (κ1) is 14.8. The van der Waals surface area contributed by atoms with E-state index in [1.807, 2.05) is 0 Å². The zero-order chi connectivity index (χ0) is 16.4. The molecule has 4 nitrogen and oxygen atoms in total. The number of nitrogens with one attached hydrogen (secondary N) is 1. The number of amides is 1. The summed E-state index contributed by atoms with van der Waals surface area (Å²) in [6.45, 7) is 0. The van der Waals surface area contributed by atoms with Crippen molar-refractivity contribution in [1.29, 1.82) is 0 Å². The number of hydrogen-bond donors (Lipinski definition) is 1. The lowest BCUT2D eigenvalue weighted by molar-refractivity contribution is 0.101. The van der Waals surface area contributed by atoms with Gasteiger partial charge in [0.05, 0.1) is 12.0 Å². The number of carbonyl (C=O) groups excluding carboxylic acids is 1. The van der Waals surface area contributed by atoms with E-state index in [0.29, 0.717) is 0 Å². The van der Waals surface area contributed by atoms with E-state index >= 15 is 0 Å². The van der Waals surface area contributed by atoms with E-state index in [1.165, 1.54) is 29.2 Å². The Hall–Kier alpha value is -3.09. The third-order valence-electron chi connectivity index (χ3n) is 3.18. The second kappa shape index (κ2) is 5.96. The van der Waals surface area contributed by atoms with Crippen LogP contribution < -0.4 is 5.32 Å². The summed E-state index contributed by atoms with van der Waals surface area (Å²) >= 11 is 0. The zero-order valence-electron chi connectivity index (χ0n) is 11.6. The number of nitrogens with zero attached hydrogens (tertiary/aromatic N) is 2. The van der Waals surface area contributed by atoms with Crippen LogP contribution in [0.25, 0.3) is 5.69 Å². The van der Waals surface area contributed by atoms with Crippen molar-refractivity contribution in [3.8, 4) is 5.69 Å². The first-order valence-corrected chi connectivity index (χ1v) is 6.59. The van der Waals surface area contributed by atoms with Gasteiger partial charge in [0, 0.05) is 18.1 Å². The number of anilines is 1. The van der Waals surface area contributed by atoms with Crippen LogP contribution in [0.15, 0.2) is 55.1 Å². The molecule has 7 heteroatoms. The minimum atomic E-state index is -0.990. The topological polar surface area (TPSA) is 46.9 Å². The highest BCUT2D eigenvalue weighted by molar-refractivity contribution is 6.04. The molecule has 1 amide bonds. The van der Waals surface area contributed by atoms with Crippen molar-refractivity contribution in [2.24, 2.45) is 0 Å². The van der Waals surface area contributed by atoms with Crippen LogP contribution >= 0.6 is 0 Å². The van der Waals surface area contributed by atoms with Crippen molar-refractivity contribution in [3.63, 3.8) is 0 Å². The summed E-state index contributed by atoms with van der Waals surface area (Å²) in [5, 5.41) is 2.27. The smallest absolute Gasteiger partial charge is 0.261 e. The lowest BCUT2D eigenvalue weighted by Gasteiger charge is -2.09. The fraction of sp³-hybridized carbons (Fsp3) is 0. The molecule has 1 heterocycles. The van der Waals surface area contributed by atoms with E-state index in [4.69, 9.17) is 0 Å². The van der Waals surface area contributed by atoms with Crippen LogP contribution in [0.1, 0.15) is 10.4 Å². The summed E-state index contributed by atoms with van der Waals surface area (Å²) < 4.78 is 42.6. The van der Waals surface area contributed by atoms with Gasteiger partial charge in [0.2, 0.25) is 0 Å². The Morgan fingerprint density at radius 1 is 1.04 bits per heavy atom. The van der Waals surface area contributed by atoms with Gasteiger partial charge in [0.1, 0.15) is 23.0 Å². The Balaban J connectivity index is 1.86. The number of hydrogen-bond acceptors (Lipinski definition) is 2. The fourth-order valence-electron chi connectivity index (χ4n) is 2.10. The molecule has 0 saturated carbocycles. The van der Waals surface area contributed by atoms with Gasteiger partial charge in [-0.25, -0.2) is 18.2 Å². The normalized spacial score (nSPS) is 10.6. The maximum atomic E-state index is 14.1. The Morgan fingerprint density at radius 2 is 1.78 bits per heavy atom. The summed E-state index contributed by atoms with van der Waals surface area (Å²) in [6.07, 6.45) is 4.48. The molecule has 0 aliphatic rings. The minimum absolute atomic E-state index is 0.0824. The minimum Gasteiger partial charge on any atom is -0.322 e. The molecule has 0 unspecified atom stereocenters. The monoisotopic (exact) mass is 317 g/mol. The van der Waals surface area contributed by atoms with Gasteiger partial charge < -0.3 is 9.88 Å². The van der Waals surface area contributed by atoms with Gasteiger partial charge in [-0.2, -0.15) is 0 Å². The molecule has 0 saturated heterocycles. The average Bonchev–Trinajstić information content (AvgIpc) is 3.01. The molecule has 1 N–H and O–H groups in total. The third-order valence-corrected chi connectivity index (χ3v) is 3.18. The van der Waals surface area contributed by atoms with Crippen molar-refractivity contribution in [2.45, 2.75) is 0 Å². The number of imidazole rings is 1. The highest BCUT2D eigenvalue weighted by atomic mass is 19.1. The molecule has 0 spiro atoms. The molecule has 0 fully saturated rings. The number of halogens is 3. The molecule has 1 aromatic heterocycles. The summed E-state index contributed by atoms with van der Waals surface area (Å²) in [5.74, 6) is -3.58. The van der Waals surface area contributed by atoms with Crippen LogP contribution in [-0.4, -0.2) is 15.5 Å². The molecular weight excluding hydrogens is 307 g/mol. The molecule has 0 aliphatic heterocycles. The number of rotatable bonds is 3. The lowest BCUT2D eigenvalue weighted by Crippen LogP contribution is -2.16. The van der Waals surface area contributed by atoms with E-state index in [9.17, 15) is 18.0 Å². The molecule has 0 atom stereocenters. The summed E-state index contributed by atoms with van der Waals surface area (Å²) in [4.78, 5) is 15.8. The standard InChI is InChI=1S/C16H10F3N3O/c17-11-2-1-3-12(18)15(11)16(23)21-10-4-5-14(13(19)8-10)22-7-6-20-9-22/h1-9H,(H,21,23). The molecule has 23 heavy (non-hydrogen) atoms. The van der Waals surface area contributed by atoms with Crippen LogP contribution in [0.4, 0.5) is 18.9 Å². The first-order valence-electron chi connectivity index (χ1n) is 6.59. The van der Waals surface area contributed by atoms with Gasteiger partial charge in [-0.1, -0.05) is 6.07 Å². The molecule has 0 bridgehead atoms. The number of aromatic nitrogens is 2. The maximum absolute atomic E-state index is 14.1. The van der Waals surface area contributed by atoms with Crippen molar-refractivity contribution < 1.29 is 18.0 Å².